The average Bonchev–Trinajstić information content (AvgIpc) is 2.99. The molecule has 0 spiro atoms. The van der Waals surface area contributed by atoms with Gasteiger partial charge >= 0.3 is 0 Å². The minimum atomic E-state index is -0.515. The Hall–Kier alpha value is -1.37. The van der Waals surface area contributed by atoms with Crippen molar-refractivity contribution in [3.8, 4) is 5.75 Å². The van der Waals surface area contributed by atoms with Gasteiger partial charge in [0.05, 0.1) is 0 Å². The van der Waals surface area contributed by atoms with E-state index in [2.05, 4.69) is 26.3 Å². The second-order valence-electron chi connectivity index (χ2n) is 4.75. The van der Waals surface area contributed by atoms with E-state index in [1.807, 2.05) is 41.2 Å². The molecule has 21 heavy (non-hydrogen) atoms. The highest BCUT2D eigenvalue weighted by atomic mass is 79.9. The Bertz CT molecular complexity index is 502. The number of hydrogen-bond donors (Lipinski definition) is 2. The van der Waals surface area contributed by atoms with E-state index in [0.29, 0.717) is 6.54 Å². The molecule has 0 radical (unpaired) electrons. The van der Waals surface area contributed by atoms with E-state index in [-0.39, 0.29) is 6.61 Å². The molecule has 1 aromatic heterocycles. The van der Waals surface area contributed by atoms with Crippen LogP contribution in [0.3, 0.4) is 0 Å². The summed E-state index contributed by atoms with van der Waals surface area (Å²) in [5, 5.41) is 17.2. The smallest absolute Gasteiger partial charge is 0.119 e. The SMILES string of the molecule is OC(CNCCCn1cccn1)COc1ccc(Br)cc1. The van der Waals surface area contributed by atoms with Gasteiger partial charge < -0.3 is 15.2 Å². The fourth-order valence-electron chi connectivity index (χ4n) is 1.85. The van der Waals surface area contributed by atoms with Crippen LogP contribution in [-0.2, 0) is 6.54 Å². The average molecular weight is 354 g/mol. The monoisotopic (exact) mass is 353 g/mol. The highest BCUT2D eigenvalue weighted by molar-refractivity contribution is 9.10. The molecule has 0 amide bonds. The van der Waals surface area contributed by atoms with E-state index >= 15 is 0 Å². The zero-order chi connectivity index (χ0) is 14.9. The standard InChI is InChI=1S/C15H20BrN3O2/c16-13-3-5-15(6-4-13)21-12-14(20)11-17-7-1-9-19-10-2-8-18-19/h2-6,8,10,14,17,20H,1,7,9,11-12H2. The molecule has 0 fully saturated rings. The maximum absolute atomic E-state index is 9.83. The second kappa shape index (κ2) is 8.81. The third kappa shape index (κ3) is 6.29. The number of aliphatic hydroxyl groups is 1. The summed E-state index contributed by atoms with van der Waals surface area (Å²) in [7, 11) is 0. The number of nitrogens with zero attached hydrogens (tertiary/aromatic N) is 2. The number of benzene rings is 1. The van der Waals surface area contributed by atoms with Crippen LogP contribution in [0.25, 0.3) is 0 Å². The minimum absolute atomic E-state index is 0.286. The molecule has 1 unspecified atom stereocenters. The summed E-state index contributed by atoms with van der Waals surface area (Å²) in [5.41, 5.74) is 0. The number of halogens is 1. The van der Waals surface area contributed by atoms with Crippen molar-refractivity contribution in [2.45, 2.75) is 19.1 Å². The van der Waals surface area contributed by atoms with Crippen LogP contribution >= 0.6 is 15.9 Å². The normalized spacial score (nSPS) is 12.3. The first-order valence-corrected chi connectivity index (χ1v) is 7.78. The molecular weight excluding hydrogens is 334 g/mol. The summed E-state index contributed by atoms with van der Waals surface area (Å²) in [6.45, 7) is 2.53. The predicted molar refractivity (Wildman–Crippen MR) is 85.4 cm³/mol. The van der Waals surface area contributed by atoms with Crippen LogP contribution in [0.2, 0.25) is 0 Å². The van der Waals surface area contributed by atoms with Gasteiger partial charge in [-0.3, -0.25) is 4.68 Å². The van der Waals surface area contributed by atoms with Crippen molar-refractivity contribution in [1.82, 2.24) is 15.1 Å². The van der Waals surface area contributed by atoms with Crippen LogP contribution in [0, 0.1) is 0 Å². The first-order valence-electron chi connectivity index (χ1n) is 6.98. The highest BCUT2D eigenvalue weighted by Gasteiger charge is 2.04. The summed E-state index contributed by atoms with van der Waals surface area (Å²) in [6.07, 6.45) is 4.18. The summed E-state index contributed by atoms with van der Waals surface area (Å²) in [4.78, 5) is 0. The maximum Gasteiger partial charge on any atom is 0.119 e. The molecule has 1 atom stereocenters. The van der Waals surface area contributed by atoms with Crippen molar-refractivity contribution >= 4 is 15.9 Å². The van der Waals surface area contributed by atoms with Crippen LogP contribution in [0.4, 0.5) is 0 Å². The van der Waals surface area contributed by atoms with E-state index in [1.54, 1.807) is 6.20 Å². The third-order valence-corrected chi connectivity index (χ3v) is 3.46. The molecule has 1 aromatic carbocycles. The van der Waals surface area contributed by atoms with Crippen LogP contribution < -0.4 is 10.1 Å². The second-order valence-corrected chi connectivity index (χ2v) is 5.66. The molecule has 0 saturated carbocycles. The number of aliphatic hydroxyl groups excluding tert-OH is 1. The van der Waals surface area contributed by atoms with E-state index < -0.39 is 6.10 Å². The van der Waals surface area contributed by atoms with Gasteiger partial charge in [0.2, 0.25) is 0 Å². The van der Waals surface area contributed by atoms with Crippen molar-refractivity contribution in [3.05, 3.63) is 47.2 Å². The van der Waals surface area contributed by atoms with E-state index in [0.717, 1.165) is 29.7 Å². The summed E-state index contributed by atoms with van der Waals surface area (Å²) in [6, 6.07) is 9.48. The van der Waals surface area contributed by atoms with Gasteiger partial charge in [-0.25, -0.2) is 0 Å². The van der Waals surface area contributed by atoms with Crippen molar-refractivity contribution in [3.63, 3.8) is 0 Å². The van der Waals surface area contributed by atoms with Crippen molar-refractivity contribution in [1.29, 1.82) is 0 Å². The van der Waals surface area contributed by atoms with Crippen LogP contribution in [0.1, 0.15) is 6.42 Å². The Morgan fingerprint density at radius 2 is 2.14 bits per heavy atom. The maximum atomic E-state index is 9.83. The number of aromatic nitrogens is 2. The fourth-order valence-corrected chi connectivity index (χ4v) is 2.11. The first-order chi connectivity index (χ1) is 10.2. The molecule has 0 saturated heterocycles. The molecule has 0 aliphatic heterocycles. The molecule has 114 valence electrons. The zero-order valence-electron chi connectivity index (χ0n) is 11.8. The highest BCUT2D eigenvalue weighted by Crippen LogP contribution is 2.16. The first kappa shape index (κ1) is 16.0. The van der Waals surface area contributed by atoms with Gasteiger partial charge in [-0.1, -0.05) is 15.9 Å². The lowest BCUT2D eigenvalue weighted by molar-refractivity contribution is 0.106. The zero-order valence-corrected chi connectivity index (χ0v) is 13.4. The number of rotatable bonds is 9. The van der Waals surface area contributed by atoms with E-state index in [9.17, 15) is 5.11 Å². The number of hydrogen-bond acceptors (Lipinski definition) is 4. The Morgan fingerprint density at radius 1 is 1.33 bits per heavy atom. The molecule has 0 aliphatic carbocycles. The van der Waals surface area contributed by atoms with Gasteiger partial charge in [-0.15, -0.1) is 0 Å². The molecule has 1 heterocycles. The summed E-state index contributed by atoms with van der Waals surface area (Å²) in [5.74, 6) is 0.760. The topological polar surface area (TPSA) is 59.3 Å². The molecule has 2 rings (SSSR count). The van der Waals surface area contributed by atoms with Crippen LogP contribution in [-0.4, -0.2) is 40.7 Å². The molecule has 2 N–H and O–H groups in total. The number of ether oxygens (including phenoxy) is 1. The van der Waals surface area contributed by atoms with Gasteiger partial charge in [-0.2, -0.15) is 5.10 Å². The van der Waals surface area contributed by atoms with Crippen molar-refractivity contribution in [2.24, 2.45) is 0 Å². The van der Waals surface area contributed by atoms with Gasteiger partial charge in [0.25, 0.3) is 0 Å². The molecule has 0 aliphatic rings. The van der Waals surface area contributed by atoms with Gasteiger partial charge in [0, 0.05) is 30.0 Å². The molecule has 0 bridgehead atoms. The van der Waals surface area contributed by atoms with E-state index in [1.165, 1.54) is 0 Å². The van der Waals surface area contributed by atoms with Gasteiger partial charge in [-0.05, 0) is 43.3 Å². The Kier molecular flexibility index (Phi) is 6.72. The summed E-state index contributed by atoms with van der Waals surface area (Å²) >= 11 is 3.37. The summed E-state index contributed by atoms with van der Waals surface area (Å²) < 4.78 is 8.42. The number of aryl methyl sites for hydroxylation is 1. The Morgan fingerprint density at radius 3 is 2.86 bits per heavy atom. The van der Waals surface area contributed by atoms with Crippen LogP contribution in [0.5, 0.6) is 5.75 Å². The fraction of sp³-hybridized carbons (Fsp3) is 0.400. The minimum Gasteiger partial charge on any atom is -0.491 e. The van der Waals surface area contributed by atoms with E-state index in [4.69, 9.17) is 4.74 Å². The molecule has 2 aromatic rings. The van der Waals surface area contributed by atoms with Crippen molar-refractivity contribution < 1.29 is 9.84 Å². The lowest BCUT2D eigenvalue weighted by atomic mass is 10.3. The van der Waals surface area contributed by atoms with Crippen molar-refractivity contribution in [2.75, 3.05) is 19.7 Å². The Labute approximate surface area is 133 Å². The quantitative estimate of drug-likeness (QED) is 0.677. The number of nitrogens with one attached hydrogen (secondary N) is 1. The lowest BCUT2D eigenvalue weighted by Crippen LogP contribution is -2.32. The van der Waals surface area contributed by atoms with Gasteiger partial charge in [0.15, 0.2) is 0 Å². The van der Waals surface area contributed by atoms with Gasteiger partial charge in [0.1, 0.15) is 18.5 Å². The molecular formula is C15H20BrN3O2. The third-order valence-electron chi connectivity index (χ3n) is 2.94. The molecule has 6 heteroatoms. The lowest BCUT2D eigenvalue weighted by Gasteiger charge is -2.13. The Balaban J connectivity index is 1.53. The van der Waals surface area contributed by atoms with Crippen LogP contribution in [0.15, 0.2) is 47.2 Å². The molecule has 5 nitrogen and oxygen atoms in total. The predicted octanol–water partition coefficient (Wildman–Crippen LogP) is 2.07. The largest absolute Gasteiger partial charge is 0.491 e.